The maximum absolute atomic E-state index is 13.3. The predicted octanol–water partition coefficient (Wildman–Crippen LogP) is 4.16. The normalized spacial score (nSPS) is 11.8. The van der Waals surface area contributed by atoms with E-state index >= 15 is 0 Å². The molecule has 21 heavy (non-hydrogen) atoms. The van der Waals surface area contributed by atoms with Crippen LogP contribution in [-0.4, -0.2) is 5.11 Å². The van der Waals surface area contributed by atoms with Crippen molar-refractivity contribution in [2.75, 3.05) is 0 Å². The number of halogens is 1. The van der Waals surface area contributed by atoms with E-state index in [1.807, 2.05) is 13.8 Å². The maximum Gasteiger partial charge on any atom is 0.133 e. The molecule has 3 nitrogen and oxygen atoms in total. The van der Waals surface area contributed by atoms with E-state index in [0.29, 0.717) is 22.6 Å². The average Bonchev–Trinajstić information content (AvgIpc) is 2.43. The zero-order valence-electron chi connectivity index (χ0n) is 12.1. The van der Waals surface area contributed by atoms with Gasteiger partial charge in [-0.25, -0.2) is 4.39 Å². The van der Waals surface area contributed by atoms with E-state index in [9.17, 15) is 9.50 Å². The third-order valence-electron chi connectivity index (χ3n) is 3.22. The van der Waals surface area contributed by atoms with Crippen molar-refractivity contribution >= 4 is 0 Å². The predicted molar refractivity (Wildman–Crippen MR) is 77.7 cm³/mol. The summed E-state index contributed by atoms with van der Waals surface area (Å²) in [5.74, 6) is 0.594. The molecule has 0 fully saturated rings. The van der Waals surface area contributed by atoms with Crippen LogP contribution in [0.4, 0.5) is 4.39 Å². The van der Waals surface area contributed by atoms with Crippen LogP contribution in [0.1, 0.15) is 35.3 Å². The molecule has 2 aromatic carbocycles. The summed E-state index contributed by atoms with van der Waals surface area (Å²) in [6.45, 7) is 5.24. The van der Waals surface area contributed by atoms with Gasteiger partial charge in [-0.3, -0.25) is 0 Å². The van der Waals surface area contributed by atoms with Crippen molar-refractivity contribution in [1.82, 2.24) is 0 Å². The fraction of sp³-hybridized carbons (Fsp3) is 0.235. The van der Waals surface area contributed by atoms with Gasteiger partial charge < -0.3 is 9.84 Å². The first-order valence-corrected chi connectivity index (χ1v) is 6.59. The molecule has 4 heteroatoms. The Morgan fingerprint density at radius 3 is 2.33 bits per heavy atom. The highest BCUT2D eigenvalue weighted by Crippen LogP contribution is 2.34. The first-order valence-electron chi connectivity index (χ1n) is 6.59. The zero-order chi connectivity index (χ0) is 15.6. The lowest BCUT2D eigenvalue weighted by Gasteiger charge is -2.16. The SMILES string of the molecule is Cc1cc(C#N)cc(C)c1Oc1ccc(F)cc1[C@H](C)O. The van der Waals surface area contributed by atoms with E-state index in [0.717, 1.165) is 11.1 Å². The van der Waals surface area contributed by atoms with Gasteiger partial charge in [-0.15, -0.1) is 0 Å². The van der Waals surface area contributed by atoms with E-state index in [-0.39, 0.29) is 0 Å². The number of aliphatic hydroxyl groups is 1. The van der Waals surface area contributed by atoms with Crippen LogP contribution in [0.15, 0.2) is 30.3 Å². The van der Waals surface area contributed by atoms with Gasteiger partial charge in [0.05, 0.1) is 17.7 Å². The summed E-state index contributed by atoms with van der Waals surface area (Å²) in [6.07, 6.45) is -0.838. The number of aryl methyl sites for hydroxylation is 2. The lowest BCUT2D eigenvalue weighted by atomic mass is 10.1. The van der Waals surface area contributed by atoms with Gasteiger partial charge in [0, 0.05) is 5.56 Å². The molecular formula is C17H16FNO2. The highest BCUT2D eigenvalue weighted by molar-refractivity contribution is 5.50. The number of hydrogen-bond donors (Lipinski definition) is 1. The summed E-state index contributed by atoms with van der Waals surface area (Å²) in [5.41, 5.74) is 2.57. The summed E-state index contributed by atoms with van der Waals surface area (Å²) in [6, 6.07) is 9.59. The van der Waals surface area contributed by atoms with E-state index < -0.39 is 11.9 Å². The monoisotopic (exact) mass is 285 g/mol. The van der Waals surface area contributed by atoms with Crippen LogP contribution >= 0.6 is 0 Å². The summed E-state index contributed by atoms with van der Waals surface area (Å²) in [7, 11) is 0. The van der Waals surface area contributed by atoms with Gasteiger partial charge in [-0.05, 0) is 62.2 Å². The van der Waals surface area contributed by atoms with Crippen LogP contribution < -0.4 is 4.74 Å². The lowest BCUT2D eigenvalue weighted by molar-refractivity contribution is 0.195. The van der Waals surface area contributed by atoms with Crippen molar-refractivity contribution in [1.29, 1.82) is 5.26 Å². The van der Waals surface area contributed by atoms with Gasteiger partial charge >= 0.3 is 0 Å². The second kappa shape index (κ2) is 5.94. The van der Waals surface area contributed by atoms with Gasteiger partial charge in [0.25, 0.3) is 0 Å². The topological polar surface area (TPSA) is 53.2 Å². The van der Waals surface area contributed by atoms with Crippen LogP contribution in [0.2, 0.25) is 0 Å². The molecule has 1 atom stereocenters. The largest absolute Gasteiger partial charge is 0.456 e. The minimum absolute atomic E-state index is 0.387. The van der Waals surface area contributed by atoms with Crippen molar-refractivity contribution in [3.63, 3.8) is 0 Å². The van der Waals surface area contributed by atoms with Crippen LogP contribution in [0.3, 0.4) is 0 Å². The fourth-order valence-electron chi connectivity index (χ4n) is 2.22. The molecule has 0 saturated heterocycles. The Bertz CT molecular complexity index is 694. The van der Waals surface area contributed by atoms with Crippen molar-refractivity contribution < 1.29 is 14.2 Å². The fourth-order valence-corrected chi connectivity index (χ4v) is 2.22. The molecule has 0 aromatic heterocycles. The second-order valence-corrected chi connectivity index (χ2v) is 5.01. The van der Waals surface area contributed by atoms with Gasteiger partial charge in [0.2, 0.25) is 0 Å². The lowest BCUT2D eigenvalue weighted by Crippen LogP contribution is -1.99. The van der Waals surface area contributed by atoms with Crippen LogP contribution in [0.5, 0.6) is 11.5 Å². The van der Waals surface area contributed by atoms with Gasteiger partial charge in [0.1, 0.15) is 17.3 Å². The molecule has 1 N–H and O–H groups in total. The number of hydrogen-bond acceptors (Lipinski definition) is 3. The third-order valence-corrected chi connectivity index (χ3v) is 3.22. The summed E-state index contributed by atoms with van der Waals surface area (Å²) < 4.78 is 19.2. The Balaban J connectivity index is 2.46. The summed E-state index contributed by atoms with van der Waals surface area (Å²) in [5, 5.41) is 18.7. The number of aliphatic hydroxyl groups excluding tert-OH is 1. The second-order valence-electron chi connectivity index (χ2n) is 5.01. The van der Waals surface area contributed by atoms with E-state index in [1.54, 1.807) is 19.1 Å². The minimum Gasteiger partial charge on any atom is -0.456 e. The molecule has 0 amide bonds. The summed E-state index contributed by atoms with van der Waals surface area (Å²) in [4.78, 5) is 0. The van der Waals surface area contributed by atoms with E-state index in [4.69, 9.17) is 10.00 Å². The first kappa shape index (κ1) is 15.0. The molecule has 108 valence electrons. The zero-order valence-corrected chi connectivity index (χ0v) is 12.1. The number of nitrogens with zero attached hydrogens (tertiary/aromatic N) is 1. The molecule has 0 aliphatic carbocycles. The molecule has 0 bridgehead atoms. The van der Waals surface area contributed by atoms with Crippen molar-refractivity contribution in [3.05, 3.63) is 58.4 Å². The maximum atomic E-state index is 13.3. The Labute approximate surface area is 123 Å². The highest BCUT2D eigenvalue weighted by Gasteiger charge is 2.14. The molecule has 2 aromatic rings. The van der Waals surface area contributed by atoms with E-state index in [1.165, 1.54) is 18.2 Å². The summed E-state index contributed by atoms with van der Waals surface area (Å²) >= 11 is 0. The van der Waals surface area contributed by atoms with Crippen molar-refractivity contribution in [3.8, 4) is 17.6 Å². The van der Waals surface area contributed by atoms with Crippen LogP contribution in [-0.2, 0) is 0 Å². The van der Waals surface area contributed by atoms with Gasteiger partial charge in [-0.2, -0.15) is 5.26 Å². The molecule has 0 saturated carbocycles. The molecule has 0 aliphatic heterocycles. The highest BCUT2D eigenvalue weighted by atomic mass is 19.1. The Morgan fingerprint density at radius 1 is 1.19 bits per heavy atom. The van der Waals surface area contributed by atoms with Crippen LogP contribution in [0, 0.1) is 31.0 Å². The molecule has 0 radical (unpaired) electrons. The molecule has 2 rings (SSSR count). The number of ether oxygens (including phenoxy) is 1. The number of nitriles is 1. The Hall–Kier alpha value is -2.38. The third kappa shape index (κ3) is 3.21. The first-order chi connectivity index (χ1) is 9.92. The van der Waals surface area contributed by atoms with Gasteiger partial charge in [0.15, 0.2) is 0 Å². The average molecular weight is 285 g/mol. The molecule has 0 aliphatic rings. The molecule has 0 spiro atoms. The number of rotatable bonds is 3. The van der Waals surface area contributed by atoms with E-state index in [2.05, 4.69) is 6.07 Å². The minimum atomic E-state index is -0.838. The Kier molecular flexibility index (Phi) is 4.25. The molecular weight excluding hydrogens is 269 g/mol. The standard InChI is InChI=1S/C17H16FNO2/c1-10-6-13(9-19)7-11(2)17(10)21-16-5-4-14(18)8-15(16)12(3)20/h4-8,12,20H,1-3H3/t12-/m0/s1. The smallest absolute Gasteiger partial charge is 0.133 e. The van der Waals surface area contributed by atoms with Crippen LogP contribution in [0.25, 0.3) is 0 Å². The van der Waals surface area contributed by atoms with Crippen molar-refractivity contribution in [2.24, 2.45) is 0 Å². The molecule has 0 heterocycles. The number of benzene rings is 2. The van der Waals surface area contributed by atoms with Crippen molar-refractivity contribution in [2.45, 2.75) is 26.9 Å². The Morgan fingerprint density at radius 2 is 1.81 bits per heavy atom. The van der Waals surface area contributed by atoms with Gasteiger partial charge in [-0.1, -0.05) is 0 Å². The quantitative estimate of drug-likeness (QED) is 0.921. The molecule has 0 unspecified atom stereocenters.